The maximum Gasteiger partial charge on any atom is 0.497 e. The summed E-state index contributed by atoms with van der Waals surface area (Å²) in [5.74, 6) is 0. The van der Waals surface area contributed by atoms with E-state index < -0.39 is 7.57 Å². The van der Waals surface area contributed by atoms with Gasteiger partial charge in [0, 0.05) is 6.92 Å². The third-order valence-electron chi connectivity index (χ3n) is 1.95. The molecule has 0 radical (unpaired) electrons. The molecule has 0 saturated carbocycles. The summed E-state index contributed by atoms with van der Waals surface area (Å²) in [5, 5.41) is 0.963. The second-order valence-corrected chi connectivity index (χ2v) is 6.13. The number of aryl methyl sites for hydroxylation is 2. The van der Waals surface area contributed by atoms with Crippen LogP contribution in [-0.4, -0.2) is 4.33 Å². The van der Waals surface area contributed by atoms with Gasteiger partial charge in [-0.2, -0.15) is 4.33 Å². The van der Waals surface area contributed by atoms with Crippen LogP contribution in [-0.2, 0) is 10.1 Å². The van der Waals surface area contributed by atoms with Crippen molar-refractivity contribution in [2.24, 2.45) is 0 Å². The summed E-state index contributed by atoms with van der Waals surface area (Å²) >= 11 is 0. The number of rotatable bonds is 0. The number of hydrogen-bond donors (Lipinski definition) is 0. The Morgan fingerprint density at radius 1 is 1.31 bits per heavy atom. The first-order valence-corrected chi connectivity index (χ1v) is 5.67. The van der Waals surface area contributed by atoms with E-state index in [4.69, 9.17) is 0 Å². The van der Waals surface area contributed by atoms with Gasteiger partial charge in [-0.25, -0.2) is 0 Å². The van der Waals surface area contributed by atoms with Crippen LogP contribution < -0.4 is 0 Å². The van der Waals surface area contributed by atoms with E-state index in [1.807, 2.05) is 30.4 Å². The van der Waals surface area contributed by atoms with Gasteiger partial charge in [-0.05, 0) is 43.9 Å². The van der Waals surface area contributed by atoms with Crippen LogP contribution in [0.3, 0.4) is 0 Å². The SMILES string of the molecule is Cc1cc(C)[p+](=O)n(C(C)(C)C)c1. The van der Waals surface area contributed by atoms with Crippen molar-refractivity contribution in [3.8, 4) is 0 Å². The lowest BCUT2D eigenvalue weighted by Crippen LogP contribution is -2.19. The molecule has 1 unspecified atom stereocenters. The fraction of sp³-hybridized carbons (Fsp3) is 0.600. The van der Waals surface area contributed by atoms with Gasteiger partial charge in [0.15, 0.2) is 5.30 Å². The maximum atomic E-state index is 11.9. The molecule has 13 heavy (non-hydrogen) atoms. The average Bonchev–Trinajstić information content (AvgIpc) is 1.94. The van der Waals surface area contributed by atoms with E-state index in [0.717, 1.165) is 5.30 Å². The number of nitrogens with zero attached hydrogens (tertiary/aromatic N) is 1. The Hall–Kier alpha value is -0.620. The van der Waals surface area contributed by atoms with Gasteiger partial charge in [0.2, 0.25) is 0 Å². The molecule has 0 amide bonds. The van der Waals surface area contributed by atoms with Crippen LogP contribution in [0.25, 0.3) is 0 Å². The zero-order chi connectivity index (χ0) is 10.2. The third kappa shape index (κ3) is 2.19. The minimum atomic E-state index is -1.36. The van der Waals surface area contributed by atoms with Crippen LogP contribution >= 0.6 is 7.57 Å². The summed E-state index contributed by atoms with van der Waals surface area (Å²) in [6, 6.07) is 1.99. The second kappa shape index (κ2) is 3.26. The standard InChI is InChI=1S/C10H17NOP/c1-8-6-9(2)13(12)11(7-8)10(3,4)5/h6-7H,1-5H3/q+1. The molecule has 72 valence electrons. The van der Waals surface area contributed by atoms with Gasteiger partial charge in [-0.1, -0.05) is 0 Å². The molecule has 2 nitrogen and oxygen atoms in total. The Balaban J connectivity index is 3.47. The Morgan fingerprint density at radius 3 is 2.31 bits per heavy atom. The smallest absolute Gasteiger partial charge is 0.164 e. The van der Waals surface area contributed by atoms with Gasteiger partial charge in [0.25, 0.3) is 0 Å². The van der Waals surface area contributed by atoms with E-state index in [1.54, 1.807) is 0 Å². The average molecular weight is 198 g/mol. The van der Waals surface area contributed by atoms with E-state index in [2.05, 4.69) is 20.8 Å². The summed E-state index contributed by atoms with van der Waals surface area (Å²) in [7, 11) is -1.36. The Labute approximate surface area is 80.4 Å². The van der Waals surface area contributed by atoms with Crippen molar-refractivity contribution in [2.45, 2.75) is 40.2 Å². The van der Waals surface area contributed by atoms with E-state index in [0.29, 0.717) is 0 Å². The summed E-state index contributed by atoms with van der Waals surface area (Å²) in [4.78, 5) is 0. The summed E-state index contributed by atoms with van der Waals surface area (Å²) in [6.07, 6.45) is 1.98. The fourth-order valence-corrected chi connectivity index (χ4v) is 2.79. The van der Waals surface area contributed by atoms with Gasteiger partial charge in [-0.3, -0.25) is 0 Å². The van der Waals surface area contributed by atoms with Crippen LogP contribution in [0.15, 0.2) is 12.3 Å². The first-order chi connectivity index (χ1) is 5.82. The van der Waals surface area contributed by atoms with Gasteiger partial charge >= 0.3 is 7.57 Å². The summed E-state index contributed by atoms with van der Waals surface area (Å²) < 4.78 is 13.8. The van der Waals surface area contributed by atoms with Gasteiger partial charge < -0.3 is 0 Å². The van der Waals surface area contributed by atoms with Crippen molar-refractivity contribution in [1.29, 1.82) is 0 Å². The normalized spacial score (nSPS) is 13.2. The molecular weight excluding hydrogens is 181 g/mol. The van der Waals surface area contributed by atoms with Crippen molar-refractivity contribution in [3.63, 3.8) is 0 Å². The molecule has 1 atom stereocenters. The second-order valence-electron chi connectivity index (χ2n) is 4.45. The number of hydrogen-bond acceptors (Lipinski definition) is 1. The molecular formula is C10H17NOP+. The lowest BCUT2D eigenvalue weighted by atomic mass is 10.1. The first-order valence-electron chi connectivity index (χ1n) is 4.45. The Kier molecular flexibility index (Phi) is 2.63. The van der Waals surface area contributed by atoms with E-state index in [1.165, 1.54) is 5.56 Å². The highest BCUT2D eigenvalue weighted by molar-refractivity contribution is 7.33. The van der Waals surface area contributed by atoms with Crippen molar-refractivity contribution in [3.05, 3.63) is 23.1 Å². The minimum Gasteiger partial charge on any atom is -0.164 e. The highest BCUT2D eigenvalue weighted by Gasteiger charge is 2.23. The zero-order valence-electron chi connectivity index (χ0n) is 8.96. The first kappa shape index (κ1) is 10.5. The molecule has 0 N–H and O–H groups in total. The predicted octanol–water partition coefficient (Wildman–Crippen LogP) is 3.60. The molecule has 3 heteroatoms. The molecule has 0 spiro atoms. The van der Waals surface area contributed by atoms with Crippen molar-refractivity contribution >= 4 is 7.57 Å². The zero-order valence-corrected chi connectivity index (χ0v) is 9.85. The maximum absolute atomic E-state index is 11.9. The predicted molar refractivity (Wildman–Crippen MR) is 56.5 cm³/mol. The van der Waals surface area contributed by atoms with Gasteiger partial charge in [0.05, 0.1) is 11.7 Å². The largest absolute Gasteiger partial charge is 0.497 e. The summed E-state index contributed by atoms with van der Waals surface area (Å²) in [6.45, 7) is 10.2. The Bertz CT molecular complexity index is 373. The molecule has 1 rings (SSSR count). The van der Waals surface area contributed by atoms with Crippen LogP contribution in [0.4, 0.5) is 0 Å². The van der Waals surface area contributed by atoms with Crippen molar-refractivity contribution < 1.29 is 4.57 Å². The molecule has 1 aromatic rings. The lowest BCUT2D eigenvalue weighted by Gasteiger charge is -2.16. The van der Waals surface area contributed by atoms with Crippen molar-refractivity contribution in [1.82, 2.24) is 4.33 Å². The monoisotopic (exact) mass is 198 g/mol. The molecule has 0 aromatic carbocycles. The molecule has 1 heterocycles. The van der Waals surface area contributed by atoms with Crippen molar-refractivity contribution in [2.75, 3.05) is 0 Å². The summed E-state index contributed by atoms with van der Waals surface area (Å²) in [5.41, 5.74) is 1.10. The minimum absolute atomic E-state index is 0.0652. The van der Waals surface area contributed by atoms with Crippen LogP contribution in [0.5, 0.6) is 0 Å². The molecule has 0 aliphatic carbocycles. The van der Waals surface area contributed by atoms with Gasteiger partial charge in [0.1, 0.15) is 0 Å². The molecule has 1 aromatic heterocycles. The molecule has 0 fully saturated rings. The van der Waals surface area contributed by atoms with Gasteiger partial charge in [-0.15, -0.1) is 0 Å². The lowest BCUT2D eigenvalue weighted by molar-refractivity contribution is 0.417. The highest BCUT2D eigenvalue weighted by atomic mass is 31.1. The third-order valence-corrected chi connectivity index (χ3v) is 3.79. The van der Waals surface area contributed by atoms with Crippen LogP contribution in [0.2, 0.25) is 0 Å². The van der Waals surface area contributed by atoms with E-state index in [9.17, 15) is 4.57 Å². The quantitative estimate of drug-likeness (QED) is 0.624. The highest BCUT2D eigenvalue weighted by Crippen LogP contribution is 2.28. The molecule has 0 aliphatic heterocycles. The Morgan fingerprint density at radius 2 is 1.85 bits per heavy atom. The fourth-order valence-electron chi connectivity index (χ4n) is 1.30. The molecule has 0 bridgehead atoms. The van der Waals surface area contributed by atoms with Crippen LogP contribution in [0, 0.1) is 13.8 Å². The van der Waals surface area contributed by atoms with E-state index in [-0.39, 0.29) is 5.54 Å². The number of aromatic nitrogens is 1. The molecule has 0 saturated heterocycles. The van der Waals surface area contributed by atoms with E-state index >= 15 is 0 Å². The van der Waals surface area contributed by atoms with Crippen LogP contribution in [0.1, 0.15) is 31.6 Å². The topological polar surface area (TPSA) is 22.0 Å². The molecule has 0 aliphatic rings.